The van der Waals surface area contributed by atoms with E-state index in [2.05, 4.69) is 10.3 Å². The fraction of sp³-hybridized carbons (Fsp3) is 0.167. The molecule has 140 valence electrons. The Kier molecular flexibility index (Phi) is 5.13. The van der Waals surface area contributed by atoms with Crippen LogP contribution in [0.2, 0.25) is 0 Å². The summed E-state index contributed by atoms with van der Waals surface area (Å²) < 4.78 is 39.0. The third-order valence-electron chi connectivity index (χ3n) is 3.86. The zero-order valence-corrected chi connectivity index (χ0v) is 14.9. The lowest BCUT2D eigenvalue weighted by Gasteiger charge is -2.09. The van der Waals surface area contributed by atoms with E-state index in [1.165, 1.54) is 17.6 Å². The summed E-state index contributed by atoms with van der Waals surface area (Å²) in [6, 6.07) is 8.25. The van der Waals surface area contributed by atoms with Gasteiger partial charge in [-0.25, -0.2) is 4.98 Å². The molecule has 27 heavy (non-hydrogen) atoms. The molecule has 0 saturated carbocycles. The van der Waals surface area contributed by atoms with Crippen molar-refractivity contribution < 1.29 is 22.7 Å². The fourth-order valence-corrected chi connectivity index (χ4v) is 3.33. The SMILES string of the molecule is Cc1cc(C(F)(F)F)ccc1-c1nc(C(=O)NCc2cccc[n+]2[O-])cs1. The van der Waals surface area contributed by atoms with E-state index in [0.717, 1.165) is 23.5 Å². The van der Waals surface area contributed by atoms with Gasteiger partial charge in [-0.1, -0.05) is 6.07 Å². The number of nitrogens with zero attached hydrogens (tertiary/aromatic N) is 2. The van der Waals surface area contributed by atoms with E-state index in [1.54, 1.807) is 25.1 Å². The van der Waals surface area contributed by atoms with Crippen molar-refractivity contribution in [2.75, 3.05) is 0 Å². The number of alkyl halides is 3. The molecule has 1 N–H and O–H groups in total. The maximum atomic E-state index is 12.8. The molecule has 0 spiro atoms. The highest BCUT2D eigenvalue weighted by Crippen LogP contribution is 2.34. The molecule has 0 aliphatic carbocycles. The van der Waals surface area contributed by atoms with Crippen LogP contribution in [0, 0.1) is 12.1 Å². The highest BCUT2D eigenvalue weighted by Gasteiger charge is 2.30. The lowest BCUT2D eigenvalue weighted by atomic mass is 10.1. The molecule has 5 nitrogen and oxygen atoms in total. The molecular weight excluding hydrogens is 379 g/mol. The number of aryl methyl sites for hydroxylation is 1. The van der Waals surface area contributed by atoms with Crippen molar-refractivity contribution in [3.8, 4) is 10.6 Å². The number of nitrogens with one attached hydrogen (secondary N) is 1. The van der Waals surface area contributed by atoms with Gasteiger partial charge in [0.1, 0.15) is 17.2 Å². The monoisotopic (exact) mass is 393 g/mol. The van der Waals surface area contributed by atoms with Gasteiger partial charge in [0, 0.05) is 23.1 Å². The fourth-order valence-electron chi connectivity index (χ4n) is 2.44. The molecule has 0 saturated heterocycles. The van der Waals surface area contributed by atoms with Crippen LogP contribution in [0.15, 0.2) is 48.0 Å². The number of carbonyl (C=O) groups excluding carboxylic acids is 1. The highest BCUT2D eigenvalue weighted by molar-refractivity contribution is 7.13. The minimum Gasteiger partial charge on any atom is -0.618 e. The summed E-state index contributed by atoms with van der Waals surface area (Å²) in [7, 11) is 0. The van der Waals surface area contributed by atoms with E-state index in [-0.39, 0.29) is 12.2 Å². The van der Waals surface area contributed by atoms with Gasteiger partial charge in [0.15, 0.2) is 6.20 Å². The molecule has 1 amide bonds. The predicted octanol–water partition coefficient (Wildman–Crippen LogP) is 3.70. The molecule has 9 heteroatoms. The summed E-state index contributed by atoms with van der Waals surface area (Å²) in [6.07, 6.45) is -3.08. The minimum absolute atomic E-state index is 0.0370. The zero-order valence-electron chi connectivity index (χ0n) is 14.1. The first-order valence-electron chi connectivity index (χ1n) is 7.84. The van der Waals surface area contributed by atoms with Crippen LogP contribution in [0.4, 0.5) is 13.2 Å². The van der Waals surface area contributed by atoms with Crippen LogP contribution in [-0.4, -0.2) is 10.9 Å². The second-order valence-electron chi connectivity index (χ2n) is 5.77. The first-order valence-corrected chi connectivity index (χ1v) is 8.72. The number of carbonyl (C=O) groups is 1. The number of aromatic nitrogens is 2. The summed E-state index contributed by atoms with van der Waals surface area (Å²) in [5, 5.41) is 16.1. The lowest BCUT2D eigenvalue weighted by Crippen LogP contribution is -2.35. The van der Waals surface area contributed by atoms with Gasteiger partial charge >= 0.3 is 6.18 Å². The number of hydrogen-bond acceptors (Lipinski definition) is 4. The number of hydrogen-bond donors (Lipinski definition) is 1. The number of pyridine rings is 1. The maximum absolute atomic E-state index is 12.8. The number of benzene rings is 1. The third kappa shape index (κ3) is 4.25. The summed E-state index contributed by atoms with van der Waals surface area (Å²) in [5.41, 5.74) is 0.741. The Morgan fingerprint density at radius 3 is 2.74 bits per heavy atom. The van der Waals surface area contributed by atoms with Crippen LogP contribution in [0.25, 0.3) is 10.6 Å². The predicted molar refractivity (Wildman–Crippen MR) is 93.9 cm³/mol. The van der Waals surface area contributed by atoms with Crippen LogP contribution in [0.5, 0.6) is 0 Å². The molecule has 0 bridgehead atoms. The Bertz CT molecular complexity index is 986. The van der Waals surface area contributed by atoms with E-state index in [1.807, 2.05) is 0 Å². The molecule has 0 aliphatic rings. The van der Waals surface area contributed by atoms with Crippen molar-refractivity contribution in [3.63, 3.8) is 0 Å². The minimum atomic E-state index is -4.41. The molecule has 3 aromatic rings. The van der Waals surface area contributed by atoms with Crippen LogP contribution in [-0.2, 0) is 12.7 Å². The maximum Gasteiger partial charge on any atom is 0.416 e. The van der Waals surface area contributed by atoms with Gasteiger partial charge in [0.25, 0.3) is 5.91 Å². The smallest absolute Gasteiger partial charge is 0.416 e. The molecule has 1 aromatic carbocycles. The van der Waals surface area contributed by atoms with Crippen LogP contribution >= 0.6 is 11.3 Å². The molecule has 2 aromatic heterocycles. The normalized spacial score (nSPS) is 11.4. The van der Waals surface area contributed by atoms with Crippen LogP contribution < -0.4 is 10.0 Å². The van der Waals surface area contributed by atoms with E-state index >= 15 is 0 Å². The van der Waals surface area contributed by atoms with E-state index in [9.17, 15) is 23.2 Å². The Hall–Kier alpha value is -2.94. The van der Waals surface area contributed by atoms with Crippen molar-refractivity contribution in [1.82, 2.24) is 10.3 Å². The van der Waals surface area contributed by atoms with Gasteiger partial charge in [-0.15, -0.1) is 11.3 Å². The quantitative estimate of drug-likeness (QED) is 0.543. The number of halogens is 3. The topological polar surface area (TPSA) is 68.9 Å². The molecule has 0 aliphatic heterocycles. The number of rotatable bonds is 4. The van der Waals surface area contributed by atoms with Gasteiger partial charge in [-0.3, -0.25) is 4.79 Å². The van der Waals surface area contributed by atoms with Gasteiger partial charge in [0.2, 0.25) is 5.69 Å². The van der Waals surface area contributed by atoms with Crippen molar-refractivity contribution in [2.45, 2.75) is 19.6 Å². The Morgan fingerprint density at radius 1 is 1.30 bits per heavy atom. The van der Waals surface area contributed by atoms with E-state index in [4.69, 9.17) is 0 Å². The second kappa shape index (κ2) is 7.36. The Labute approximate surface area is 156 Å². The summed E-state index contributed by atoms with van der Waals surface area (Å²) >= 11 is 1.16. The van der Waals surface area contributed by atoms with Crippen molar-refractivity contribution in [1.29, 1.82) is 0 Å². The van der Waals surface area contributed by atoms with E-state index < -0.39 is 17.6 Å². The average Bonchev–Trinajstić information content (AvgIpc) is 3.10. The van der Waals surface area contributed by atoms with E-state index in [0.29, 0.717) is 26.6 Å². The standard InChI is InChI=1S/C18H14F3N3O2S/c1-11-8-12(18(19,20)21)5-6-14(11)17-23-15(10-27-17)16(25)22-9-13-4-2-3-7-24(13)26/h2-8,10H,9H2,1H3,(H,22,25). The Morgan fingerprint density at radius 2 is 2.07 bits per heavy atom. The molecule has 3 rings (SSSR count). The van der Waals surface area contributed by atoms with Gasteiger partial charge in [-0.2, -0.15) is 17.9 Å². The summed E-state index contributed by atoms with van der Waals surface area (Å²) in [6.45, 7) is 1.60. The Balaban J connectivity index is 1.75. The molecular formula is C18H14F3N3O2S. The molecule has 0 radical (unpaired) electrons. The van der Waals surface area contributed by atoms with Crippen LogP contribution in [0.1, 0.15) is 27.3 Å². The summed E-state index contributed by atoms with van der Waals surface area (Å²) in [5.74, 6) is -0.467. The van der Waals surface area contributed by atoms with Crippen molar-refractivity contribution >= 4 is 17.2 Å². The number of thiazole rings is 1. The number of amides is 1. The van der Waals surface area contributed by atoms with Gasteiger partial charge in [-0.05, 0) is 30.7 Å². The molecule has 0 unspecified atom stereocenters. The van der Waals surface area contributed by atoms with Crippen LogP contribution in [0.3, 0.4) is 0 Å². The average molecular weight is 393 g/mol. The van der Waals surface area contributed by atoms with Crippen molar-refractivity contribution in [2.24, 2.45) is 0 Å². The largest absolute Gasteiger partial charge is 0.618 e. The first-order chi connectivity index (χ1) is 12.8. The van der Waals surface area contributed by atoms with Crippen molar-refractivity contribution in [3.05, 3.63) is 75.7 Å². The van der Waals surface area contributed by atoms with Gasteiger partial charge < -0.3 is 10.5 Å². The summed E-state index contributed by atoms with van der Waals surface area (Å²) in [4.78, 5) is 16.4. The molecule has 0 fully saturated rings. The molecule has 2 heterocycles. The zero-order chi connectivity index (χ0) is 19.6. The highest BCUT2D eigenvalue weighted by atomic mass is 32.1. The third-order valence-corrected chi connectivity index (χ3v) is 4.73. The first kappa shape index (κ1) is 18.8. The molecule has 0 atom stereocenters. The van der Waals surface area contributed by atoms with Gasteiger partial charge in [0.05, 0.1) is 5.56 Å². The lowest BCUT2D eigenvalue weighted by molar-refractivity contribution is -0.614. The second-order valence-corrected chi connectivity index (χ2v) is 6.62.